The van der Waals surface area contributed by atoms with Crippen LogP contribution in [-0.2, 0) is 4.74 Å². The van der Waals surface area contributed by atoms with Crippen molar-refractivity contribution in [2.75, 3.05) is 0 Å². The van der Waals surface area contributed by atoms with E-state index in [0.29, 0.717) is 0 Å². The van der Waals surface area contributed by atoms with Gasteiger partial charge < -0.3 is 10.1 Å². The Balaban J connectivity index is 2.21. The summed E-state index contributed by atoms with van der Waals surface area (Å²) >= 11 is 0. The van der Waals surface area contributed by atoms with Gasteiger partial charge in [0.05, 0.1) is 6.42 Å². The summed E-state index contributed by atoms with van der Waals surface area (Å²) in [5.41, 5.74) is 0. The van der Waals surface area contributed by atoms with Crippen molar-refractivity contribution in [3.63, 3.8) is 0 Å². The van der Waals surface area contributed by atoms with Gasteiger partial charge in [-0.1, -0.05) is 0 Å². The number of carbonyl (C=O) groups excluding carboxylic acids is 1. The second kappa shape index (κ2) is 2.88. The van der Waals surface area contributed by atoms with E-state index in [-0.39, 0.29) is 12.5 Å². The molecule has 1 aliphatic rings. The monoisotopic (exact) mass is 179 g/mol. The molecule has 1 aliphatic carbocycles. The summed E-state index contributed by atoms with van der Waals surface area (Å²) in [7, 11) is 0. The van der Waals surface area contributed by atoms with Crippen LogP contribution >= 0.6 is 0 Å². The lowest BCUT2D eigenvalue weighted by Crippen LogP contribution is -2.32. The molecule has 1 rings (SSSR count). The van der Waals surface area contributed by atoms with Crippen LogP contribution in [0.5, 0.6) is 0 Å². The van der Waals surface area contributed by atoms with Crippen molar-refractivity contribution < 1.29 is 18.3 Å². The van der Waals surface area contributed by atoms with Crippen molar-refractivity contribution in [3.05, 3.63) is 0 Å². The molecule has 1 N–H and O–H groups in total. The molecule has 0 saturated heterocycles. The van der Waals surface area contributed by atoms with Gasteiger partial charge in [-0.15, -0.1) is 0 Å². The lowest BCUT2D eigenvalue weighted by atomic mass is 10.4. The fraction of sp³-hybridized carbons (Fsp3) is 0.857. The van der Waals surface area contributed by atoms with Gasteiger partial charge in [-0.2, -0.15) is 0 Å². The molecule has 1 atom stereocenters. The zero-order valence-electron chi connectivity index (χ0n) is 6.93. The summed E-state index contributed by atoms with van der Waals surface area (Å²) in [6, 6.07) is -0.0927. The molecular formula is C7H11F2NO2. The molecule has 12 heavy (non-hydrogen) atoms. The first kappa shape index (κ1) is 9.22. The number of amides is 1. The minimum Gasteiger partial charge on any atom is -0.440 e. The highest BCUT2D eigenvalue weighted by Crippen LogP contribution is 2.44. The summed E-state index contributed by atoms with van der Waals surface area (Å²) in [6.45, 7) is 3.46. The predicted octanol–water partition coefficient (Wildman–Crippen LogP) is 1.53. The number of hydrogen-bond donors (Lipinski definition) is 1. The van der Waals surface area contributed by atoms with Crippen LogP contribution in [0.25, 0.3) is 0 Å². The van der Waals surface area contributed by atoms with E-state index >= 15 is 0 Å². The van der Waals surface area contributed by atoms with E-state index in [1.807, 2.05) is 0 Å². The molecule has 0 aromatic heterocycles. The molecule has 0 spiro atoms. The third-order valence-corrected chi connectivity index (χ3v) is 1.42. The summed E-state index contributed by atoms with van der Waals surface area (Å²) in [5, 5.41) is 2.36. The van der Waals surface area contributed by atoms with E-state index in [2.05, 4.69) is 10.1 Å². The van der Waals surface area contributed by atoms with Crippen LogP contribution in [0.2, 0.25) is 0 Å². The fourth-order valence-corrected chi connectivity index (χ4v) is 0.715. The van der Waals surface area contributed by atoms with Gasteiger partial charge >= 0.3 is 6.09 Å². The van der Waals surface area contributed by atoms with Crippen LogP contribution in [0.4, 0.5) is 13.6 Å². The molecule has 1 unspecified atom stereocenters. The summed E-state index contributed by atoms with van der Waals surface area (Å²) < 4.78 is 28.8. The maximum Gasteiger partial charge on any atom is 0.407 e. The zero-order chi connectivity index (χ0) is 9.35. The normalized spacial score (nSPS) is 25.2. The molecule has 0 aromatic carbocycles. The molecule has 1 fully saturated rings. The SMILES string of the molecule is CC(C)NC(=O)OC1CC1(F)F. The summed E-state index contributed by atoms with van der Waals surface area (Å²) in [6.07, 6.45) is -2.33. The van der Waals surface area contributed by atoms with Gasteiger partial charge in [-0.05, 0) is 13.8 Å². The number of nitrogens with one attached hydrogen (secondary N) is 1. The average molecular weight is 179 g/mol. The van der Waals surface area contributed by atoms with Gasteiger partial charge in [0.1, 0.15) is 0 Å². The number of hydrogen-bond acceptors (Lipinski definition) is 2. The van der Waals surface area contributed by atoms with Crippen molar-refractivity contribution in [2.45, 2.75) is 38.3 Å². The molecule has 0 radical (unpaired) electrons. The Hall–Kier alpha value is -0.870. The molecule has 5 heteroatoms. The molecule has 1 amide bonds. The second-order valence-electron chi connectivity index (χ2n) is 3.16. The molecule has 0 bridgehead atoms. The minimum atomic E-state index is -2.80. The van der Waals surface area contributed by atoms with Crippen LogP contribution in [0.1, 0.15) is 20.3 Å². The van der Waals surface area contributed by atoms with E-state index in [4.69, 9.17) is 0 Å². The maximum absolute atomic E-state index is 12.2. The Kier molecular flexibility index (Phi) is 2.21. The molecule has 3 nitrogen and oxygen atoms in total. The highest BCUT2D eigenvalue weighted by Gasteiger charge is 2.60. The van der Waals surface area contributed by atoms with E-state index in [1.54, 1.807) is 13.8 Å². The summed E-state index contributed by atoms with van der Waals surface area (Å²) in [4.78, 5) is 10.7. The standard InChI is InChI=1S/C7H11F2NO2/c1-4(2)10-6(11)12-5-3-7(5,8)9/h4-5H,3H2,1-2H3,(H,10,11). The zero-order valence-corrected chi connectivity index (χ0v) is 6.93. The molecule has 1 saturated carbocycles. The first-order valence-electron chi connectivity index (χ1n) is 3.77. The van der Waals surface area contributed by atoms with E-state index in [1.165, 1.54) is 0 Å². The third-order valence-electron chi connectivity index (χ3n) is 1.42. The Labute approximate surface area is 69.1 Å². The topological polar surface area (TPSA) is 38.3 Å². The number of alkyl carbamates (subject to hydrolysis) is 1. The Morgan fingerprint density at radius 2 is 2.17 bits per heavy atom. The van der Waals surface area contributed by atoms with Gasteiger partial charge in [-0.25, -0.2) is 13.6 Å². The Bertz CT molecular complexity index is 194. The van der Waals surface area contributed by atoms with E-state index in [9.17, 15) is 13.6 Å². The van der Waals surface area contributed by atoms with Gasteiger partial charge in [0.15, 0.2) is 6.10 Å². The lowest BCUT2D eigenvalue weighted by molar-refractivity contribution is 0.0410. The van der Waals surface area contributed by atoms with Gasteiger partial charge in [0.25, 0.3) is 5.92 Å². The van der Waals surface area contributed by atoms with Crippen molar-refractivity contribution >= 4 is 6.09 Å². The van der Waals surface area contributed by atoms with Gasteiger partial charge in [0.2, 0.25) is 0 Å². The lowest BCUT2D eigenvalue weighted by Gasteiger charge is -2.08. The number of carbonyl (C=O) groups is 1. The molecule has 0 aromatic rings. The molecule has 0 aliphatic heterocycles. The largest absolute Gasteiger partial charge is 0.440 e. The fourth-order valence-electron chi connectivity index (χ4n) is 0.715. The Morgan fingerprint density at radius 1 is 1.67 bits per heavy atom. The Morgan fingerprint density at radius 3 is 2.50 bits per heavy atom. The van der Waals surface area contributed by atoms with E-state index < -0.39 is 18.1 Å². The number of alkyl halides is 2. The highest BCUT2D eigenvalue weighted by molar-refractivity contribution is 5.68. The number of rotatable bonds is 2. The summed E-state index contributed by atoms with van der Waals surface area (Å²) in [5.74, 6) is -2.80. The third kappa shape index (κ3) is 2.32. The molecule has 70 valence electrons. The van der Waals surface area contributed by atoms with Crippen LogP contribution < -0.4 is 5.32 Å². The minimum absolute atomic E-state index is 0.0927. The maximum atomic E-state index is 12.2. The molecular weight excluding hydrogens is 168 g/mol. The smallest absolute Gasteiger partial charge is 0.407 e. The van der Waals surface area contributed by atoms with Crippen LogP contribution in [0.3, 0.4) is 0 Å². The van der Waals surface area contributed by atoms with Crippen LogP contribution in [0.15, 0.2) is 0 Å². The van der Waals surface area contributed by atoms with Crippen molar-refractivity contribution in [2.24, 2.45) is 0 Å². The van der Waals surface area contributed by atoms with Gasteiger partial charge in [-0.3, -0.25) is 0 Å². The van der Waals surface area contributed by atoms with Crippen molar-refractivity contribution in [1.29, 1.82) is 0 Å². The number of halogens is 2. The highest BCUT2D eigenvalue weighted by atomic mass is 19.3. The average Bonchev–Trinajstić information content (AvgIpc) is 2.35. The first-order chi connectivity index (χ1) is 5.42. The van der Waals surface area contributed by atoms with Crippen molar-refractivity contribution in [3.8, 4) is 0 Å². The molecule has 0 heterocycles. The quantitative estimate of drug-likeness (QED) is 0.698. The van der Waals surface area contributed by atoms with E-state index in [0.717, 1.165) is 0 Å². The number of ether oxygens (including phenoxy) is 1. The van der Waals surface area contributed by atoms with Gasteiger partial charge in [0, 0.05) is 6.04 Å². The van der Waals surface area contributed by atoms with Crippen molar-refractivity contribution in [1.82, 2.24) is 5.32 Å². The first-order valence-corrected chi connectivity index (χ1v) is 3.77. The second-order valence-corrected chi connectivity index (χ2v) is 3.16. The van der Waals surface area contributed by atoms with Crippen LogP contribution in [0, 0.1) is 0 Å². The van der Waals surface area contributed by atoms with Crippen LogP contribution in [-0.4, -0.2) is 24.2 Å². The predicted molar refractivity (Wildman–Crippen MR) is 38.1 cm³/mol.